The quantitative estimate of drug-likeness (QED) is 0.383. The van der Waals surface area contributed by atoms with Crippen LogP contribution in [-0.4, -0.2) is 34.9 Å². The largest absolute Gasteiger partial charge is 0.457 e. The van der Waals surface area contributed by atoms with Crippen LogP contribution in [0.5, 0.6) is 0 Å². The molecule has 1 aromatic heterocycles. The molecule has 0 bridgehead atoms. The summed E-state index contributed by atoms with van der Waals surface area (Å²) in [6, 6.07) is 1.40. The summed E-state index contributed by atoms with van der Waals surface area (Å²) in [5.74, 6) is -0.104. The first-order valence-corrected chi connectivity index (χ1v) is 5.73. The molecule has 0 aliphatic carbocycles. The van der Waals surface area contributed by atoms with Crippen molar-refractivity contribution >= 4 is 27.7 Å². The van der Waals surface area contributed by atoms with Gasteiger partial charge in [-0.05, 0) is 28.9 Å². The van der Waals surface area contributed by atoms with E-state index in [1.807, 2.05) is 6.92 Å². The third-order valence-corrected chi connectivity index (χ3v) is 3.08. The van der Waals surface area contributed by atoms with E-state index in [0.29, 0.717) is 16.7 Å². The summed E-state index contributed by atoms with van der Waals surface area (Å²) in [5, 5.41) is 11.3. The number of oxime groups is 1. The number of nitrogens with two attached hydrogens (primary N) is 1. The topological polar surface area (TPSA) is 92.1 Å². The molecule has 0 spiro atoms. The highest BCUT2D eigenvalue weighted by Crippen LogP contribution is 2.20. The van der Waals surface area contributed by atoms with Gasteiger partial charge in [-0.3, -0.25) is 4.79 Å². The summed E-state index contributed by atoms with van der Waals surface area (Å²) in [6.45, 7) is 1.81. The normalized spacial score (nSPS) is 13.5. The number of amides is 1. The second-order valence-corrected chi connectivity index (χ2v) is 4.39. The van der Waals surface area contributed by atoms with Crippen LogP contribution in [0, 0.1) is 0 Å². The SMILES string of the molecule is CC(C/C(N)=N/O)N(C)C(=O)c1ccoc1Br. The molecule has 0 radical (unpaired) electrons. The Balaban J connectivity index is 2.73. The standard InChI is InChI=1S/C10H14BrN3O3/c1-6(5-8(12)13-16)14(2)10(15)7-3-4-17-9(7)11/h3-4,6,16H,5H2,1-2H3,(H2,12,13). The summed E-state index contributed by atoms with van der Waals surface area (Å²) >= 11 is 3.15. The Kier molecular flexibility index (Phi) is 4.56. The van der Waals surface area contributed by atoms with Crippen molar-refractivity contribution in [2.75, 3.05) is 7.05 Å². The van der Waals surface area contributed by atoms with E-state index in [-0.39, 0.29) is 17.8 Å². The van der Waals surface area contributed by atoms with Gasteiger partial charge in [0.1, 0.15) is 5.84 Å². The van der Waals surface area contributed by atoms with E-state index in [1.165, 1.54) is 11.2 Å². The first kappa shape index (κ1) is 13.6. The smallest absolute Gasteiger partial charge is 0.258 e. The number of halogens is 1. The highest BCUT2D eigenvalue weighted by molar-refractivity contribution is 9.10. The number of nitrogens with zero attached hydrogens (tertiary/aromatic N) is 2. The number of carbonyl (C=O) groups is 1. The molecule has 7 heteroatoms. The molecule has 0 aromatic carbocycles. The molecule has 17 heavy (non-hydrogen) atoms. The van der Waals surface area contributed by atoms with Crippen molar-refractivity contribution in [3.8, 4) is 0 Å². The molecule has 0 fully saturated rings. The summed E-state index contributed by atoms with van der Waals surface area (Å²) < 4.78 is 5.39. The van der Waals surface area contributed by atoms with Gasteiger partial charge in [-0.15, -0.1) is 0 Å². The first-order valence-electron chi connectivity index (χ1n) is 4.94. The third kappa shape index (κ3) is 3.23. The molecule has 0 aliphatic rings. The number of hydrogen-bond acceptors (Lipinski definition) is 4. The number of carbonyl (C=O) groups excluding carboxylic acids is 1. The minimum absolute atomic E-state index is 0.0865. The molecule has 1 rings (SSSR count). The van der Waals surface area contributed by atoms with Crippen LogP contribution in [0.2, 0.25) is 0 Å². The lowest BCUT2D eigenvalue weighted by Crippen LogP contribution is -2.37. The van der Waals surface area contributed by atoms with Crippen LogP contribution >= 0.6 is 15.9 Å². The van der Waals surface area contributed by atoms with Crippen LogP contribution in [0.4, 0.5) is 0 Å². The molecule has 0 saturated carbocycles. The summed E-state index contributed by atoms with van der Waals surface area (Å²) in [4.78, 5) is 13.5. The zero-order chi connectivity index (χ0) is 13.0. The van der Waals surface area contributed by atoms with Gasteiger partial charge in [0.2, 0.25) is 0 Å². The molecule has 3 N–H and O–H groups in total. The number of rotatable bonds is 4. The second-order valence-electron chi connectivity index (χ2n) is 3.67. The zero-order valence-electron chi connectivity index (χ0n) is 9.55. The summed E-state index contributed by atoms with van der Waals surface area (Å²) in [6.07, 6.45) is 1.73. The van der Waals surface area contributed by atoms with Gasteiger partial charge in [0, 0.05) is 19.5 Å². The predicted octanol–water partition coefficient (Wildman–Crippen LogP) is 1.64. The van der Waals surface area contributed by atoms with Gasteiger partial charge in [-0.25, -0.2) is 0 Å². The van der Waals surface area contributed by atoms with Crippen LogP contribution in [-0.2, 0) is 0 Å². The molecule has 6 nitrogen and oxygen atoms in total. The molecule has 1 unspecified atom stereocenters. The van der Waals surface area contributed by atoms with E-state index < -0.39 is 0 Å². The van der Waals surface area contributed by atoms with Crippen LogP contribution < -0.4 is 5.73 Å². The van der Waals surface area contributed by atoms with Crippen molar-refractivity contribution in [3.63, 3.8) is 0 Å². The van der Waals surface area contributed by atoms with Crippen LogP contribution in [0.25, 0.3) is 0 Å². The highest BCUT2D eigenvalue weighted by Gasteiger charge is 2.21. The predicted molar refractivity (Wildman–Crippen MR) is 66.0 cm³/mol. The second kappa shape index (κ2) is 5.72. The number of furan rings is 1. The van der Waals surface area contributed by atoms with Crippen molar-refractivity contribution in [2.24, 2.45) is 10.9 Å². The van der Waals surface area contributed by atoms with E-state index in [4.69, 9.17) is 15.4 Å². The van der Waals surface area contributed by atoms with Crippen molar-refractivity contribution in [1.29, 1.82) is 0 Å². The maximum absolute atomic E-state index is 12.0. The zero-order valence-corrected chi connectivity index (χ0v) is 11.1. The van der Waals surface area contributed by atoms with Crippen molar-refractivity contribution < 1.29 is 14.4 Å². The average Bonchev–Trinajstić information content (AvgIpc) is 2.73. The molecule has 1 amide bonds. The fourth-order valence-corrected chi connectivity index (χ4v) is 1.73. The lowest BCUT2D eigenvalue weighted by atomic mass is 10.2. The van der Waals surface area contributed by atoms with Gasteiger partial charge in [0.15, 0.2) is 4.67 Å². The number of amidine groups is 1. The minimum Gasteiger partial charge on any atom is -0.457 e. The van der Waals surface area contributed by atoms with Gasteiger partial charge in [0.05, 0.1) is 11.8 Å². The van der Waals surface area contributed by atoms with Crippen molar-refractivity contribution in [2.45, 2.75) is 19.4 Å². The molecule has 1 aromatic rings. The fourth-order valence-electron chi connectivity index (χ4n) is 1.32. The fraction of sp³-hybridized carbons (Fsp3) is 0.400. The monoisotopic (exact) mass is 303 g/mol. The van der Waals surface area contributed by atoms with Crippen molar-refractivity contribution in [1.82, 2.24) is 4.90 Å². The minimum atomic E-state index is -0.191. The van der Waals surface area contributed by atoms with E-state index >= 15 is 0 Å². The van der Waals surface area contributed by atoms with Gasteiger partial charge in [0.25, 0.3) is 5.91 Å². The Morgan fingerprint density at radius 2 is 2.41 bits per heavy atom. The summed E-state index contributed by atoms with van der Waals surface area (Å²) in [7, 11) is 1.65. The maximum atomic E-state index is 12.0. The van der Waals surface area contributed by atoms with Gasteiger partial charge in [-0.2, -0.15) is 0 Å². The van der Waals surface area contributed by atoms with Crippen molar-refractivity contribution in [3.05, 3.63) is 22.6 Å². The molecular weight excluding hydrogens is 290 g/mol. The van der Waals surface area contributed by atoms with E-state index in [1.54, 1.807) is 13.1 Å². The lowest BCUT2D eigenvalue weighted by molar-refractivity contribution is 0.0745. The Morgan fingerprint density at radius 1 is 1.76 bits per heavy atom. The van der Waals surface area contributed by atoms with E-state index in [2.05, 4.69) is 21.1 Å². The Bertz CT molecular complexity index is 430. The molecular formula is C10H14BrN3O3. The Morgan fingerprint density at radius 3 is 2.88 bits per heavy atom. The lowest BCUT2D eigenvalue weighted by Gasteiger charge is -2.24. The van der Waals surface area contributed by atoms with Crippen LogP contribution in [0.3, 0.4) is 0 Å². The third-order valence-electron chi connectivity index (χ3n) is 2.46. The van der Waals surface area contributed by atoms with Gasteiger partial charge >= 0.3 is 0 Å². The molecule has 0 saturated heterocycles. The molecule has 1 atom stereocenters. The van der Waals surface area contributed by atoms with Gasteiger partial charge in [-0.1, -0.05) is 5.16 Å². The molecule has 1 heterocycles. The highest BCUT2D eigenvalue weighted by atomic mass is 79.9. The van der Waals surface area contributed by atoms with Crippen LogP contribution in [0.1, 0.15) is 23.7 Å². The Labute approximate surface area is 107 Å². The summed E-state index contributed by atoms with van der Waals surface area (Å²) in [5.41, 5.74) is 5.84. The van der Waals surface area contributed by atoms with E-state index in [0.717, 1.165) is 0 Å². The average molecular weight is 304 g/mol. The molecule has 94 valence electrons. The van der Waals surface area contributed by atoms with Gasteiger partial charge < -0.3 is 20.3 Å². The van der Waals surface area contributed by atoms with E-state index in [9.17, 15) is 4.79 Å². The first-order chi connectivity index (χ1) is 7.97. The maximum Gasteiger partial charge on any atom is 0.258 e. The molecule has 0 aliphatic heterocycles. The number of hydrogen-bond donors (Lipinski definition) is 2. The Hall–Kier alpha value is -1.50. The van der Waals surface area contributed by atoms with Crippen LogP contribution in [0.15, 0.2) is 26.6 Å².